The molecule has 0 atom stereocenters. The van der Waals surface area contributed by atoms with E-state index in [0.717, 1.165) is 12.8 Å². The predicted molar refractivity (Wildman–Crippen MR) is 47.8 cm³/mol. The van der Waals surface area contributed by atoms with Crippen LogP contribution in [0.3, 0.4) is 0 Å². The lowest BCUT2D eigenvalue weighted by molar-refractivity contribution is 0.111. The zero-order valence-corrected chi connectivity index (χ0v) is 7.57. The molecule has 0 bridgehead atoms. The number of rotatable bonds is 4. The molecule has 4 heteroatoms. The molecule has 0 aromatic carbocycles. The third kappa shape index (κ3) is 1.89. The molecule has 3 nitrogen and oxygen atoms in total. The van der Waals surface area contributed by atoms with E-state index >= 15 is 0 Å². The van der Waals surface area contributed by atoms with Crippen LogP contribution in [0.5, 0.6) is 5.75 Å². The van der Waals surface area contributed by atoms with Crippen molar-refractivity contribution in [3.8, 4) is 5.75 Å². The minimum atomic E-state index is -0.713. The van der Waals surface area contributed by atoms with E-state index in [2.05, 4.69) is 4.98 Å². The van der Waals surface area contributed by atoms with E-state index < -0.39 is 5.95 Å². The first-order valence-corrected chi connectivity index (χ1v) is 4.53. The average molecular weight is 195 g/mol. The van der Waals surface area contributed by atoms with Crippen LogP contribution in [0, 0.1) is 11.9 Å². The van der Waals surface area contributed by atoms with Gasteiger partial charge in [-0.1, -0.05) is 0 Å². The summed E-state index contributed by atoms with van der Waals surface area (Å²) in [6.45, 7) is 0.476. The number of aromatic nitrogens is 1. The number of aldehydes is 1. The largest absolute Gasteiger partial charge is 0.488 e. The molecule has 1 aliphatic carbocycles. The Hall–Kier alpha value is -1.45. The molecule has 14 heavy (non-hydrogen) atoms. The molecule has 1 fully saturated rings. The van der Waals surface area contributed by atoms with E-state index in [9.17, 15) is 9.18 Å². The molecular formula is C10H10FNO2. The highest BCUT2D eigenvalue weighted by Gasteiger charge is 2.23. The van der Waals surface area contributed by atoms with E-state index in [1.807, 2.05) is 0 Å². The normalized spacial score (nSPS) is 15.2. The van der Waals surface area contributed by atoms with Crippen LogP contribution in [0.1, 0.15) is 23.2 Å². The fraction of sp³-hybridized carbons (Fsp3) is 0.400. The molecule has 1 saturated carbocycles. The molecule has 1 aromatic rings. The zero-order valence-electron chi connectivity index (χ0n) is 7.57. The number of nitrogens with zero attached hydrogens (tertiary/aromatic N) is 1. The summed E-state index contributed by atoms with van der Waals surface area (Å²) in [5, 5.41) is 0. The third-order valence-corrected chi connectivity index (χ3v) is 2.18. The highest BCUT2D eigenvalue weighted by molar-refractivity contribution is 5.78. The maximum Gasteiger partial charge on any atom is 0.255 e. The van der Waals surface area contributed by atoms with Crippen LogP contribution in [-0.4, -0.2) is 17.9 Å². The molecule has 1 aromatic heterocycles. The van der Waals surface area contributed by atoms with E-state index in [1.54, 1.807) is 0 Å². The lowest BCUT2D eigenvalue weighted by Gasteiger charge is -2.07. The summed E-state index contributed by atoms with van der Waals surface area (Å²) in [7, 11) is 0. The number of carbonyl (C=O) groups excluding carboxylic acids is 1. The fourth-order valence-electron chi connectivity index (χ4n) is 1.16. The van der Waals surface area contributed by atoms with Gasteiger partial charge in [0.05, 0.1) is 12.2 Å². The Labute approximate surface area is 80.9 Å². The van der Waals surface area contributed by atoms with Crippen LogP contribution >= 0.6 is 0 Å². The van der Waals surface area contributed by atoms with Crippen molar-refractivity contribution in [2.45, 2.75) is 12.8 Å². The van der Waals surface area contributed by atoms with Crippen molar-refractivity contribution in [1.82, 2.24) is 4.98 Å². The molecule has 0 radical (unpaired) electrons. The second-order valence-electron chi connectivity index (χ2n) is 3.39. The molecule has 0 saturated heterocycles. The van der Waals surface area contributed by atoms with Gasteiger partial charge in [0.25, 0.3) is 5.95 Å². The van der Waals surface area contributed by atoms with Gasteiger partial charge in [0.2, 0.25) is 0 Å². The summed E-state index contributed by atoms with van der Waals surface area (Å²) in [4.78, 5) is 14.0. The van der Waals surface area contributed by atoms with Crippen molar-refractivity contribution in [1.29, 1.82) is 0 Å². The lowest BCUT2D eigenvalue weighted by atomic mass is 10.2. The van der Waals surface area contributed by atoms with Crippen LogP contribution in [-0.2, 0) is 0 Å². The Morgan fingerprint density at radius 1 is 1.64 bits per heavy atom. The second kappa shape index (κ2) is 3.74. The van der Waals surface area contributed by atoms with Crippen molar-refractivity contribution in [2.75, 3.05) is 6.61 Å². The first kappa shape index (κ1) is 9.12. The Bertz CT molecular complexity index is 350. The van der Waals surface area contributed by atoms with Gasteiger partial charge >= 0.3 is 0 Å². The van der Waals surface area contributed by atoms with E-state index in [1.165, 1.54) is 12.3 Å². The van der Waals surface area contributed by atoms with Crippen LogP contribution < -0.4 is 4.74 Å². The second-order valence-corrected chi connectivity index (χ2v) is 3.39. The SMILES string of the molecule is O=Cc1ccnc(F)c1OCC1CC1. The molecule has 0 N–H and O–H groups in total. The summed E-state index contributed by atoms with van der Waals surface area (Å²) in [5.74, 6) is -0.209. The lowest BCUT2D eigenvalue weighted by Crippen LogP contribution is -2.04. The smallest absolute Gasteiger partial charge is 0.255 e. The zero-order chi connectivity index (χ0) is 9.97. The quantitative estimate of drug-likeness (QED) is 0.543. The number of pyridine rings is 1. The fourth-order valence-corrected chi connectivity index (χ4v) is 1.16. The van der Waals surface area contributed by atoms with Gasteiger partial charge < -0.3 is 4.74 Å². The van der Waals surface area contributed by atoms with Crippen LogP contribution in [0.15, 0.2) is 12.3 Å². The molecule has 0 unspecified atom stereocenters. The number of ether oxygens (including phenoxy) is 1. The summed E-state index contributed by atoms with van der Waals surface area (Å²) in [6.07, 6.45) is 4.08. The van der Waals surface area contributed by atoms with Gasteiger partial charge in [-0.2, -0.15) is 4.39 Å². The van der Waals surface area contributed by atoms with Crippen LogP contribution in [0.2, 0.25) is 0 Å². The van der Waals surface area contributed by atoms with E-state index in [-0.39, 0.29) is 11.3 Å². The molecule has 0 aliphatic heterocycles. The maximum absolute atomic E-state index is 13.1. The summed E-state index contributed by atoms with van der Waals surface area (Å²) in [6, 6.07) is 1.44. The van der Waals surface area contributed by atoms with Crippen LogP contribution in [0.4, 0.5) is 4.39 Å². The van der Waals surface area contributed by atoms with Crippen molar-refractivity contribution >= 4 is 6.29 Å². The Morgan fingerprint density at radius 3 is 3.07 bits per heavy atom. The molecule has 2 rings (SSSR count). The van der Waals surface area contributed by atoms with Gasteiger partial charge in [-0.15, -0.1) is 0 Å². The van der Waals surface area contributed by atoms with E-state index in [0.29, 0.717) is 18.8 Å². The Balaban J connectivity index is 2.15. The first-order valence-electron chi connectivity index (χ1n) is 4.53. The molecule has 74 valence electrons. The topological polar surface area (TPSA) is 39.2 Å². The van der Waals surface area contributed by atoms with Gasteiger partial charge in [0.15, 0.2) is 12.0 Å². The van der Waals surface area contributed by atoms with Gasteiger partial charge in [-0.25, -0.2) is 4.98 Å². The molecule has 1 heterocycles. The number of halogens is 1. The van der Waals surface area contributed by atoms with Crippen molar-refractivity contribution in [3.05, 3.63) is 23.8 Å². The minimum absolute atomic E-state index is 0.0191. The van der Waals surface area contributed by atoms with Crippen molar-refractivity contribution in [2.24, 2.45) is 5.92 Å². The number of carbonyl (C=O) groups is 1. The van der Waals surface area contributed by atoms with E-state index in [4.69, 9.17) is 4.74 Å². The van der Waals surface area contributed by atoms with Gasteiger partial charge in [0.1, 0.15) is 0 Å². The molecular weight excluding hydrogens is 185 g/mol. The predicted octanol–water partition coefficient (Wildman–Crippen LogP) is 1.82. The highest BCUT2D eigenvalue weighted by atomic mass is 19.1. The van der Waals surface area contributed by atoms with Gasteiger partial charge in [-0.3, -0.25) is 4.79 Å². The molecule has 0 spiro atoms. The molecule has 1 aliphatic rings. The number of hydrogen-bond acceptors (Lipinski definition) is 3. The van der Waals surface area contributed by atoms with Crippen molar-refractivity contribution < 1.29 is 13.9 Å². The highest BCUT2D eigenvalue weighted by Crippen LogP contribution is 2.30. The summed E-state index contributed by atoms with van der Waals surface area (Å²) < 4.78 is 18.3. The summed E-state index contributed by atoms with van der Waals surface area (Å²) >= 11 is 0. The summed E-state index contributed by atoms with van der Waals surface area (Å²) in [5.41, 5.74) is 0.221. The van der Waals surface area contributed by atoms with Gasteiger partial charge in [-0.05, 0) is 24.8 Å². The maximum atomic E-state index is 13.1. The van der Waals surface area contributed by atoms with Crippen molar-refractivity contribution in [3.63, 3.8) is 0 Å². The Morgan fingerprint density at radius 2 is 2.43 bits per heavy atom. The van der Waals surface area contributed by atoms with Gasteiger partial charge in [0, 0.05) is 6.20 Å². The number of hydrogen-bond donors (Lipinski definition) is 0. The Kier molecular flexibility index (Phi) is 2.43. The third-order valence-electron chi connectivity index (χ3n) is 2.18. The van der Waals surface area contributed by atoms with Crippen LogP contribution in [0.25, 0.3) is 0 Å². The standard InChI is InChI=1S/C10H10FNO2/c11-10-9(14-6-7-1-2-7)8(5-13)3-4-12-10/h3-5,7H,1-2,6H2. The minimum Gasteiger partial charge on any atom is -0.488 e. The molecule has 0 amide bonds. The average Bonchev–Trinajstić information content (AvgIpc) is 2.99. The monoisotopic (exact) mass is 195 g/mol. The first-order chi connectivity index (χ1) is 6.81.